The number of hydrogen-bond acceptors (Lipinski definition) is 4. The van der Waals surface area contributed by atoms with Gasteiger partial charge in [-0.1, -0.05) is 12.1 Å². The summed E-state index contributed by atoms with van der Waals surface area (Å²) in [5.41, 5.74) is 8.66. The van der Waals surface area contributed by atoms with Gasteiger partial charge in [0.25, 0.3) is 5.91 Å². The standard InChI is InChI=1S/C15H15N5O/c1-19(10-11-3-2-4-12(16)7-11)15(21)13-8-18-20-6-5-17-9-14(13)20/h2-9H,10,16H2,1H3. The van der Waals surface area contributed by atoms with Crippen LogP contribution in [0.5, 0.6) is 0 Å². The van der Waals surface area contributed by atoms with Crippen molar-refractivity contribution in [2.24, 2.45) is 0 Å². The average molecular weight is 281 g/mol. The summed E-state index contributed by atoms with van der Waals surface area (Å²) in [5, 5.41) is 4.15. The molecule has 3 rings (SSSR count). The van der Waals surface area contributed by atoms with Crippen molar-refractivity contribution in [3.8, 4) is 0 Å². The minimum Gasteiger partial charge on any atom is -0.399 e. The van der Waals surface area contributed by atoms with Gasteiger partial charge in [0.2, 0.25) is 0 Å². The molecule has 2 N–H and O–H groups in total. The Hall–Kier alpha value is -2.89. The Morgan fingerprint density at radius 3 is 3.05 bits per heavy atom. The van der Waals surface area contributed by atoms with Crippen molar-refractivity contribution in [3.05, 3.63) is 60.2 Å². The number of anilines is 1. The molecule has 1 amide bonds. The van der Waals surface area contributed by atoms with E-state index in [1.54, 1.807) is 41.3 Å². The molecule has 2 heterocycles. The maximum atomic E-state index is 12.5. The van der Waals surface area contributed by atoms with Crippen LogP contribution in [0.2, 0.25) is 0 Å². The van der Waals surface area contributed by atoms with Gasteiger partial charge in [-0.25, -0.2) is 4.52 Å². The van der Waals surface area contributed by atoms with E-state index in [9.17, 15) is 4.79 Å². The van der Waals surface area contributed by atoms with E-state index >= 15 is 0 Å². The first-order valence-electron chi connectivity index (χ1n) is 6.52. The van der Waals surface area contributed by atoms with Crippen LogP contribution in [0, 0.1) is 0 Å². The molecule has 6 nitrogen and oxygen atoms in total. The maximum absolute atomic E-state index is 12.5. The number of fused-ring (bicyclic) bond motifs is 1. The van der Waals surface area contributed by atoms with Gasteiger partial charge in [0.05, 0.1) is 23.5 Å². The van der Waals surface area contributed by atoms with Crippen LogP contribution in [-0.4, -0.2) is 32.5 Å². The number of amides is 1. The molecule has 0 aliphatic carbocycles. The Bertz CT molecular complexity index is 795. The number of nitrogens with zero attached hydrogens (tertiary/aromatic N) is 4. The number of benzene rings is 1. The first-order chi connectivity index (χ1) is 10.1. The number of carbonyl (C=O) groups excluding carboxylic acids is 1. The summed E-state index contributed by atoms with van der Waals surface area (Å²) < 4.78 is 1.63. The third-order valence-electron chi connectivity index (χ3n) is 3.27. The summed E-state index contributed by atoms with van der Waals surface area (Å²) in [6, 6.07) is 7.50. The molecule has 0 aliphatic heterocycles. The number of aromatic nitrogens is 3. The van der Waals surface area contributed by atoms with E-state index in [4.69, 9.17) is 5.73 Å². The van der Waals surface area contributed by atoms with Gasteiger partial charge in [-0.3, -0.25) is 9.78 Å². The predicted octanol–water partition coefficient (Wildman–Crippen LogP) is 1.58. The minimum absolute atomic E-state index is 0.0968. The molecule has 1 aromatic carbocycles. The summed E-state index contributed by atoms with van der Waals surface area (Å²) >= 11 is 0. The van der Waals surface area contributed by atoms with E-state index in [-0.39, 0.29) is 5.91 Å². The van der Waals surface area contributed by atoms with Crippen molar-refractivity contribution in [1.29, 1.82) is 0 Å². The highest BCUT2D eigenvalue weighted by Crippen LogP contribution is 2.14. The quantitative estimate of drug-likeness (QED) is 0.739. The van der Waals surface area contributed by atoms with Crippen molar-refractivity contribution in [3.63, 3.8) is 0 Å². The fraction of sp³-hybridized carbons (Fsp3) is 0.133. The fourth-order valence-corrected chi connectivity index (χ4v) is 2.24. The van der Waals surface area contributed by atoms with E-state index in [1.807, 2.05) is 24.3 Å². The zero-order chi connectivity index (χ0) is 14.8. The Balaban J connectivity index is 1.84. The molecular weight excluding hydrogens is 266 g/mol. The Labute approximate surface area is 121 Å². The zero-order valence-electron chi connectivity index (χ0n) is 11.6. The fourth-order valence-electron chi connectivity index (χ4n) is 2.24. The van der Waals surface area contributed by atoms with Crippen molar-refractivity contribution in [2.75, 3.05) is 12.8 Å². The van der Waals surface area contributed by atoms with Crippen LogP contribution in [-0.2, 0) is 6.54 Å². The molecule has 0 saturated heterocycles. The lowest BCUT2D eigenvalue weighted by molar-refractivity contribution is 0.0787. The van der Waals surface area contributed by atoms with Crippen LogP contribution in [0.1, 0.15) is 15.9 Å². The highest BCUT2D eigenvalue weighted by molar-refractivity contribution is 6.00. The van der Waals surface area contributed by atoms with E-state index in [2.05, 4.69) is 10.1 Å². The van der Waals surface area contributed by atoms with Crippen molar-refractivity contribution >= 4 is 17.1 Å². The average Bonchev–Trinajstić information content (AvgIpc) is 2.90. The van der Waals surface area contributed by atoms with Gasteiger partial charge in [0.15, 0.2) is 0 Å². The van der Waals surface area contributed by atoms with Crippen LogP contribution >= 0.6 is 0 Å². The van der Waals surface area contributed by atoms with E-state index in [0.29, 0.717) is 23.3 Å². The predicted molar refractivity (Wildman–Crippen MR) is 79.6 cm³/mol. The number of carbonyl (C=O) groups is 1. The number of nitrogens with two attached hydrogens (primary N) is 1. The van der Waals surface area contributed by atoms with Crippen LogP contribution in [0.15, 0.2) is 49.1 Å². The summed E-state index contributed by atoms with van der Waals surface area (Å²) in [4.78, 5) is 18.2. The van der Waals surface area contributed by atoms with E-state index < -0.39 is 0 Å². The van der Waals surface area contributed by atoms with Gasteiger partial charge in [0.1, 0.15) is 0 Å². The second-order valence-corrected chi connectivity index (χ2v) is 4.87. The van der Waals surface area contributed by atoms with Crippen LogP contribution in [0.3, 0.4) is 0 Å². The third kappa shape index (κ3) is 2.55. The van der Waals surface area contributed by atoms with Crippen molar-refractivity contribution in [1.82, 2.24) is 19.5 Å². The first-order valence-corrected chi connectivity index (χ1v) is 6.52. The van der Waals surface area contributed by atoms with Crippen LogP contribution in [0.25, 0.3) is 5.52 Å². The van der Waals surface area contributed by atoms with Gasteiger partial charge in [-0.05, 0) is 17.7 Å². The summed E-state index contributed by atoms with van der Waals surface area (Å²) in [7, 11) is 1.76. The van der Waals surface area contributed by atoms with Gasteiger partial charge in [-0.15, -0.1) is 0 Å². The Kier molecular flexibility index (Phi) is 3.27. The number of hydrogen-bond donors (Lipinski definition) is 1. The van der Waals surface area contributed by atoms with E-state index in [1.165, 1.54) is 0 Å². The second-order valence-electron chi connectivity index (χ2n) is 4.87. The molecule has 0 atom stereocenters. The lowest BCUT2D eigenvalue weighted by atomic mass is 10.2. The molecule has 3 aromatic rings. The van der Waals surface area contributed by atoms with Crippen LogP contribution in [0.4, 0.5) is 5.69 Å². The molecule has 0 spiro atoms. The smallest absolute Gasteiger partial charge is 0.257 e. The number of rotatable bonds is 3. The first kappa shape index (κ1) is 13.1. The van der Waals surface area contributed by atoms with Gasteiger partial charge < -0.3 is 10.6 Å². The lowest BCUT2D eigenvalue weighted by Crippen LogP contribution is -2.26. The van der Waals surface area contributed by atoms with Gasteiger partial charge in [0, 0.05) is 31.7 Å². The summed E-state index contributed by atoms with van der Waals surface area (Å²) in [5.74, 6) is -0.0968. The molecule has 0 fully saturated rings. The van der Waals surface area contributed by atoms with Gasteiger partial charge >= 0.3 is 0 Å². The molecule has 0 unspecified atom stereocenters. The molecule has 0 aliphatic rings. The van der Waals surface area contributed by atoms with Crippen molar-refractivity contribution in [2.45, 2.75) is 6.54 Å². The largest absolute Gasteiger partial charge is 0.399 e. The Morgan fingerprint density at radius 2 is 2.24 bits per heavy atom. The molecule has 106 valence electrons. The lowest BCUT2D eigenvalue weighted by Gasteiger charge is -2.16. The monoisotopic (exact) mass is 281 g/mol. The second kappa shape index (κ2) is 5.24. The van der Waals surface area contributed by atoms with Crippen molar-refractivity contribution < 1.29 is 4.79 Å². The molecular formula is C15H15N5O. The Morgan fingerprint density at radius 1 is 1.38 bits per heavy atom. The molecule has 21 heavy (non-hydrogen) atoms. The van der Waals surface area contributed by atoms with Crippen LogP contribution < -0.4 is 5.73 Å². The highest BCUT2D eigenvalue weighted by atomic mass is 16.2. The third-order valence-corrected chi connectivity index (χ3v) is 3.27. The molecule has 6 heteroatoms. The topological polar surface area (TPSA) is 76.5 Å². The number of nitrogen functional groups attached to an aromatic ring is 1. The zero-order valence-corrected chi connectivity index (χ0v) is 11.6. The summed E-state index contributed by atoms with van der Waals surface area (Å²) in [6.07, 6.45) is 6.54. The SMILES string of the molecule is CN(Cc1cccc(N)c1)C(=O)c1cnn2ccncc12. The maximum Gasteiger partial charge on any atom is 0.257 e. The highest BCUT2D eigenvalue weighted by Gasteiger charge is 2.17. The molecule has 0 bridgehead atoms. The minimum atomic E-state index is -0.0968. The molecule has 2 aromatic heterocycles. The van der Waals surface area contributed by atoms with Gasteiger partial charge in [-0.2, -0.15) is 5.10 Å². The van der Waals surface area contributed by atoms with E-state index in [0.717, 1.165) is 5.56 Å². The summed E-state index contributed by atoms with van der Waals surface area (Å²) in [6.45, 7) is 0.488. The normalized spacial score (nSPS) is 10.7. The molecule has 0 saturated carbocycles. The molecule has 0 radical (unpaired) electrons.